The summed E-state index contributed by atoms with van der Waals surface area (Å²) in [6.45, 7) is 8.02. The molecule has 0 radical (unpaired) electrons. The van der Waals surface area contributed by atoms with E-state index in [1.807, 2.05) is 26.0 Å². The molecule has 7 nitrogen and oxygen atoms in total. The van der Waals surface area contributed by atoms with Crippen LogP contribution in [0, 0.1) is 0 Å². The number of carbonyl (C=O) groups is 1. The lowest BCUT2D eigenvalue weighted by Gasteiger charge is -2.36. The zero-order chi connectivity index (χ0) is 18.3. The summed E-state index contributed by atoms with van der Waals surface area (Å²) in [6.07, 6.45) is 0.300. The molecule has 0 aliphatic carbocycles. The van der Waals surface area contributed by atoms with E-state index in [0.717, 1.165) is 31.7 Å². The molecule has 1 aromatic rings. The van der Waals surface area contributed by atoms with Gasteiger partial charge in [-0.05, 0) is 25.5 Å². The number of hydrogen-bond donors (Lipinski definition) is 1. The van der Waals surface area contributed by atoms with Crippen molar-refractivity contribution in [2.45, 2.75) is 20.4 Å². The first-order valence-electron chi connectivity index (χ1n) is 8.61. The highest BCUT2D eigenvalue weighted by molar-refractivity contribution is 7.53. The lowest BCUT2D eigenvalue weighted by Crippen LogP contribution is -2.46. The van der Waals surface area contributed by atoms with Crippen molar-refractivity contribution < 1.29 is 23.5 Å². The van der Waals surface area contributed by atoms with Gasteiger partial charge in [0.1, 0.15) is 6.29 Å². The number of rotatable bonds is 9. The molecule has 0 bridgehead atoms. The molecule has 0 amide bonds. The van der Waals surface area contributed by atoms with E-state index in [1.165, 1.54) is 0 Å². The fraction of sp³-hybridized carbons (Fsp3) is 0.588. The van der Waals surface area contributed by atoms with Crippen molar-refractivity contribution in [3.05, 3.63) is 35.4 Å². The number of benzene rings is 1. The topological polar surface area (TPSA) is 79.3 Å². The lowest BCUT2D eigenvalue weighted by atomic mass is 10.1. The Hall–Kier alpha value is -1.24. The van der Waals surface area contributed by atoms with Gasteiger partial charge in [0.15, 0.2) is 0 Å². The summed E-state index contributed by atoms with van der Waals surface area (Å²) >= 11 is 0. The zero-order valence-electron chi connectivity index (χ0n) is 14.9. The second-order valence-electron chi connectivity index (χ2n) is 5.94. The number of carboxylic acids is 1. The van der Waals surface area contributed by atoms with Gasteiger partial charge in [-0.15, -0.1) is 0 Å². The highest BCUT2D eigenvalue weighted by Gasteiger charge is 2.29. The van der Waals surface area contributed by atoms with Crippen LogP contribution in [0.15, 0.2) is 24.3 Å². The van der Waals surface area contributed by atoms with E-state index in [2.05, 4.69) is 9.80 Å². The average molecular weight is 370 g/mol. The fourth-order valence-electron chi connectivity index (χ4n) is 2.95. The predicted molar refractivity (Wildman–Crippen MR) is 96.0 cm³/mol. The second-order valence-corrected chi connectivity index (χ2v) is 7.97. The molecule has 1 N–H and O–H groups in total. The Morgan fingerprint density at radius 2 is 1.64 bits per heavy atom. The molecule has 25 heavy (non-hydrogen) atoms. The van der Waals surface area contributed by atoms with Crippen LogP contribution in [0.2, 0.25) is 0 Å². The summed E-state index contributed by atoms with van der Waals surface area (Å²) in [7, 11) is -3.07. The van der Waals surface area contributed by atoms with Gasteiger partial charge >= 0.3 is 13.6 Å². The quantitative estimate of drug-likeness (QED) is 0.670. The van der Waals surface area contributed by atoms with E-state index < -0.39 is 13.6 Å². The Balaban J connectivity index is 1.90. The number of aromatic carboxylic acids is 1. The second kappa shape index (κ2) is 9.46. The van der Waals surface area contributed by atoms with Crippen LogP contribution < -0.4 is 0 Å². The zero-order valence-corrected chi connectivity index (χ0v) is 15.8. The fourth-order valence-corrected chi connectivity index (χ4v) is 4.75. The molecule has 1 aliphatic heterocycles. The van der Waals surface area contributed by atoms with Crippen molar-refractivity contribution >= 4 is 13.6 Å². The van der Waals surface area contributed by atoms with Crippen molar-refractivity contribution in [3.63, 3.8) is 0 Å². The van der Waals surface area contributed by atoms with Crippen molar-refractivity contribution in [3.8, 4) is 0 Å². The molecular formula is C17H27N2O5P. The number of carboxylic acid groups (broad SMARTS) is 1. The average Bonchev–Trinajstić information content (AvgIpc) is 2.57. The van der Waals surface area contributed by atoms with Crippen molar-refractivity contribution in [2.24, 2.45) is 0 Å². The highest BCUT2D eigenvalue weighted by atomic mass is 31.2. The molecule has 8 heteroatoms. The molecule has 1 aromatic carbocycles. The largest absolute Gasteiger partial charge is 0.478 e. The Bertz CT molecular complexity index is 607. The summed E-state index contributed by atoms with van der Waals surface area (Å²) in [5.41, 5.74) is 1.17. The van der Waals surface area contributed by atoms with Crippen molar-refractivity contribution in [2.75, 3.05) is 45.7 Å². The Morgan fingerprint density at radius 3 is 2.20 bits per heavy atom. The van der Waals surface area contributed by atoms with E-state index in [9.17, 15) is 14.5 Å². The van der Waals surface area contributed by atoms with Gasteiger partial charge in [-0.1, -0.05) is 18.2 Å². The summed E-state index contributed by atoms with van der Waals surface area (Å²) in [5.74, 6) is -0.899. The van der Waals surface area contributed by atoms with Gasteiger partial charge in [0, 0.05) is 32.7 Å². The van der Waals surface area contributed by atoms with E-state index in [0.29, 0.717) is 31.6 Å². The maximum Gasteiger partial charge on any atom is 0.344 e. The molecule has 0 atom stereocenters. The van der Waals surface area contributed by atoms with E-state index in [1.54, 1.807) is 12.1 Å². The molecule has 2 rings (SSSR count). The van der Waals surface area contributed by atoms with Crippen LogP contribution in [0.25, 0.3) is 0 Å². The van der Waals surface area contributed by atoms with Crippen molar-refractivity contribution in [1.82, 2.24) is 9.80 Å². The van der Waals surface area contributed by atoms with Gasteiger partial charge < -0.3 is 14.2 Å². The van der Waals surface area contributed by atoms with Gasteiger partial charge in [0.2, 0.25) is 0 Å². The smallest absolute Gasteiger partial charge is 0.344 e. The van der Waals surface area contributed by atoms with E-state index in [4.69, 9.17) is 9.05 Å². The normalized spacial score (nSPS) is 16.9. The van der Waals surface area contributed by atoms with Crippen LogP contribution in [-0.4, -0.2) is 66.6 Å². The van der Waals surface area contributed by atoms with E-state index in [-0.39, 0.29) is 0 Å². The van der Waals surface area contributed by atoms with Crippen LogP contribution in [-0.2, 0) is 20.2 Å². The van der Waals surface area contributed by atoms with Gasteiger partial charge in [-0.2, -0.15) is 0 Å². The Labute approximate surface area is 149 Å². The summed E-state index contributed by atoms with van der Waals surface area (Å²) < 4.78 is 23.3. The molecule has 1 heterocycles. The molecule has 1 fully saturated rings. The summed E-state index contributed by atoms with van der Waals surface area (Å²) in [5, 5.41) is 9.28. The SMILES string of the molecule is CCOP(=O)(CN1CCN(Cc2ccccc2C(=O)O)CC1)OCC. The van der Waals surface area contributed by atoms with Gasteiger partial charge in [-0.25, -0.2) is 4.79 Å². The first kappa shape index (κ1) is 20.1. The minimum Gasteiger partial charge on any atom is -0.478 e. The monoisotopic (exact) mass is 370 g/mol. The van der Waals surface area contributed by atoms with Crippen LogP contribution >= 0.6 is 7.60 Å². The molecule has 1 aliphatic rings. The first-order chi connectivity index (χ1) is 12.0. The molecule has 1 saturated heterocycles. The van der Waals surface area contributed by atoms with Gasteiger partial charge in [-0.3, -0.25) is 14.4 Å². The molecule has 0 saturated carbocycles. The van der Waals surface area contributed by atoms with Crippen LogP contribution in [0.1, 0.15) is 29.8 Å². The van der Waals surface area contributed by atoms with Gasteiger partial charge in [0.05, 0.1) is 18.8 Å². The van der Waals surface area contributed by atoms with Crippen LogP contribution in [0.5, 0.6) is 0 Å². The number of hydrogen-bond acceptors (Lipinski definition) is 6. The molecular weight excluding hydrogens is 343 g/mol. The minimum absolute atomic E-state index is 0.300. The van der Waals surface area contributed by atoms with Crippen LogP contribution in [0.3, 0.4) is 0 Å². The van der Waals surface area contributed by atoms with Gasteiger partial charge in [0.25, 0.3) is 0 Å². The number of piperazine rings is 1. The maximum atomic E-state index is 12.6. The number of nitrogens with zero attached hydrogens (tertiary/aromatic N) is 2. The van der Waals surface area contributed by atoms with Crippen LogP contribution in [0.4, 0.5) is 0 Å². The predicted octanol–water partition coefficient (Wildman–Crippen LogP) is 2.73. The van der Waals surface area contributed by atoms with Crippen molar-refractivity contribution in [1.29, 1.82) is 0 Å². The Morgan fingerprint density at radius 1 is 1.08 bits per heavy atom. The molecule has 0 aromatic heterocycles. The summed E-state index contributed by atoms with van der Waals surface area (Å²) in [6, 6.07) is 7.09. The lowest BCUT2D eigenvalue weighted by molar-refractivity contribution is 0.0692. The third kappa shape index (κ3) is 5.90. The molecule has 0 spiro atoms. The third-order valence-corrected chi connectivity index (χ3v) is 6.18. The first-order valence-corrected chi connectivity index (χ1v) is 10.3. The standard InChI is InChI=1S/C17H27N2O5P/c1-3-23-25(22,24-4-2)14-19-11-9-18(10-12-19)13-15-7-5-6-8-16(15)17(20)21/h5-8H,3-4,9-14H2,1-2H3,(H,20,21). The van der Waals surface area contributed by atoms with E-state index >= 15 is 0 Å². The third-order valence-electron chi connectivity index (χ3n) is 4.13. The maximum absolute atomic E-state index is 12.6. The minimum atomic E-state index is -3.07. The highest BCUT2D eigenvalue weighted by Crippen LogP contribution is 2.48. The molecule has 140 valence electrons. The summed E-state index contributed by atoms with van der Waals surface area (Å²) in [4.78, 5) is 15.6. The Kier molecular flexibility index (Phi) is 7.59. The molecule has 0 unspecified atom stereocenters.